The highest BCUT2D eigenvalue weighted by atomic mass is 19.2. The minimum Gasteiger partial charge on any atom is -0.382 e. The summed E-state index contributed by atoms with van der Waals surface area (Å²) in [6.45, 7) is 0. The monoisotopic (exact) mass is 213 g/mol. The van der Waals surface area contributed by atoms with Crippen molar-refractivity contribution in [1.82, 2.24) is 10.2 Å². The lowest BCUT2D eigenvalue weighted by atomic mass is 10.1. The number of hydrogen-bond acceptors (Lipinski definition) is 2. The zero-order valence-corrected chi connectivity index (χ0v) is 7.39. The molecule has 2 aromatic rings. The molecule has 0 unspecified atom stereocenters. The van der Waals surface area contributed by atoms with E-state index in [2.05, 4.69) is 10.2 Å². The standard InChI is InChI=1S/C9H6F3N3/c10-5-2-1-4(8(11)9(5)12)6-3-7(13)15-14-6/h1-3H,(H3,13,14,15). The van der Waals surface area contributed by atoms with Crippen molar-refractivity contribution < 1.29 is 13.2 Å². The molecule has 0 saturated carbocycles. The van der Waals surface area contributed by atoms with Crippen molar-refractivity contribution >= 4 is 5.82 Å². The molecule has 78 valence electrons. The van der Waals surface area contributed by atoms with Gasteiger partial charge in [-0.3, -0.25) is 5.10 Å². The zero-order valence-electron chi connectivity index (χ0n) is 7.39. The maximum Gasteiger partial charge on any atom is 0.195 e. The first kappa shape index (κ1) is 9.57. The highest BCUT2D eigenvalue weighted by molar-refractivity contribution is 5.62. The predicted octanol–water partition coefficient (Wildman–Crippen LogP) is 2.08. The second-order valence-corrected chi connectivity index (χ2v) is 2.93. The number of H-pyrrole nitrogens is 1. The van der Waals surface area contributed by atoms with Crippen LogP contribution in [0, 0.1) is 17.5 Å². The predicted molar refractivity (Wildman–Crippen MR) is 48.3 cm³/mol. The third kappa shape index (κ3) is 1.54. The van der Waals surface area contributed by atoms with E-state index < -0.39 is 17.5 Å². The van der Waals surface area contributed by atoms with Crippen molar-refractivity contribution in [2.24, 2.45) is 0 Å². The highest BCUT2D eigenvalue weighted by Crippen LogP contribution is 2.25. The van der Waals surface area contributed by atoms with Crippen LogP contribution in [0.4, 0.5) is 19.0 Å². The fourth-order valence-corrected chi connectivity index (χ4v) is 1.21. The maximum absolute atomic E-state index is 13.3. The summed E-state index contributed by atoms with van der Waals surface area (Å²) in [5, 5.41) is 5.96. The Morgan fingerprint density at radius 2 is 1.87 bits per heavy atom. The van der Waals surface area contributed by atoms with Gasteiger partial charge in [0.25, 0.3) is 0 Å². The van der Waals surface area contributed by atoms with Crippen LogP contribution in [0.5, 0.6) is 0 Å². The highest BCUT2D eigenvalue weighted by Gasteiger charge is 2.15. The molecule has 0 fully saturated rings. The Morgan fingerprint density at radius 3 is 2.47 bits per heavy atom. The van der Waals surface area contributed by atoms with Crippen LogP contribution in [0.3, 0.4) is 0 Å². The van der Waals surface area contributed by atoms with E-state index in [1.165, 1.54) is 6.07 Å². The molecule has 0 spiro atoms. The van der Waals surface area contributed by atoms with Crippen molar-refractivity contribution in [3.05, 3.63) is 35.7 Å². The fraction of sp³-hybridized carbons (Fsp3) is 0. The van der Waals surface area contributed by atoms with Gasteiger partial charge >= 0.3 is 0 Å². The van der Waals surface area contributed by atoms with E-state index in [-0.39, 0.29) is 17.1 Å². The van der Waals surface area contributed by atoms with Crippen LogP contribution in [0.2, 0.25) is 0 Å². The molecular formula is C9H6F3N3. The minimum atomic E-state index is -1.51. The first-order chi connectivity index (χ1) is 7.09. The molecule has 3 N–H and O–H groups in total. The molecule has 15 heavy (non-hydrogen) atoms. The summed E-state index contributed by atoms with van der Waals surface area (Å²) in [6, 6.07) is 3.28. The number of anilines is 1. The van der Waals surface area contributed by atoms with Crippen LogP contribution in [-0.4, -0.2) is 10.2 Å². The summed E-state index contributed by atoms with van der Waals surface area (Å²) in [4.78, 5) is 0. The number of hydrogen-bond donors (Lipinski definition) is 2. The lowest BCUT2D eigenvalue weighted by Gasteiger charge is -2.01. The maximum atomic E-state index is 13.3. The van der Waals surface area contributed by atoms with E-state index in [4.69, 9.17) is 5.73 Å². The number of rotatable bonds is 1. The van der Waals surface area contributed by atoms with Crippen molar-refractivity contribution in [3.8, 4) is 11.3 Å². The zero-order chi connectivity index (χ0) is 11.0. The average Bonchev–Trinajstić information content (AvgIpc) is 2.61. The van der Waals surface area contributed by atoms with Crippen LogP contribution in [0.1, 0.15) is 0 Å². The van der Waals surface area contributed by atoms with Gasteiger partial charge in [0.05, 0.1) is 5.69 Å². The number of nitrogens with two attached hydrogens (primary N) is 1. The molecule has 1 heterocycles. The van der Waals surface area contributed by atoms with Crippen molar-refractivity contribution in [2.75, 3.05) is 5.73 Å². The average molecular weight is 213 g/mol. The number of nitrogen functional groups attached to an aromatic ring is 1. The molecule has 0 saturated heterocycles. The Bertz CT molecular complexity index is 507. The van der Waals surface area contributed by atoms with E-state index in [0.717, 1.165) is 12.1 Å². The van der Waals surface area contributed by atoms with E-state index >= 15 is 0 Å². The first-order valence-electron chi connectivity index (χ1n) is 4.04. The normalized spacial score (nSPS) is 10.6. The third-order valence-corrected chi connectivity index (χ3v) is 1.92. The largest absolute Gasteiger partial charge is 0.382 e. The molecule has 0 aliphatic rings. The topological polar surface area (TPSA) is 54.7 Å². The summed E-state index contributed by atoms with van der Waals surface area (Å²) >= 11 is 0. The second kappa shape index (κ2) is 3.30. The van der Waals surface area contributed by atoms with Gasteiger partial charge in [-0.2, -0.15) is 5.10 Å². The molecule has 0 amide bonds. The number of aromatic amines is 1. The Morgan fingerprint density at radius 1 is 1.13 bits per heavy atom. The molecular weight excluding hydrogens is 207 g/mol. The number of nitrogens with zero attached hydrogens (tertiary/aromatic N) is 1. The van der Waals surface area contributed by atoms with Crippen LogP contribution in [-0.2, 0) is 0 Å². The summed E-state index contributed by atoms with van der Waals surface area (Å²) in [7, 11) is 0. The van der Waals surface area contributed by atoms with Gasteiger partial charge in [-0.05, 0) is 12.1 Å². The molecule has 0 radical (unpaired) electrons. The molecule has 2 rings (SSSR count). The second-order valence-electron chi connectivity index (χ2n) is 2.93. The van der Waals surface area contributed by atoms with Crippen LogP contribution >= 0.6 is 0 Å². The molecule has 6 heteroatoms. The third-order valence-electron chi connectivity index (χ3n) is 1.92. The first-order valence-corrected chi connectivity index (χ1v) is 4.04. The number of aromatic nitrogens is 2. The quantitative estimate of drug-likeness (QED) is 0.712. The summed E-state index contributed by atoms with van der Waals surface area (Å²) in [5.41, 5.74) is 5.39. The van der Waals surface area contributed by atoms with Gasteiger partial charge < -0.3 is 5.73 Å². The lowest BCUT2D eigenvalue weighted by molar-refractivity contribution is 0.449. The molecule has 0 aliphatic heterocycles. The summed E-state index contributed by atoms with van der Waals surface area (Å²) in [5.74, 6) is -3.86. The fourth-order valence-electron chi connectivity index (χ4n) is 1.21. The Hall–Kier alpha value is -1.98. The minimum absolute atomic E-state index is 0.113. The smallest absolute Gasteiger partial charge is 0.195 e. The lowest BCUT2D eigenvalue weighted by Crippen LogP contribution is -1.93. The van der Waals surface area contributed by atoms with E-state index in [1.807, 2.05) is 0 Å². The van der Waals surface area contributed by atoms with Gasteiger partial charge in [-0.15, -0.1) is 0 Å². The van der Waals surface area contributed by atoms with Crippen LogP contribution in [0.25, 0.3) is 11.3 Å². The van der Waals surface area contributed by atoms with Gasteiger partial charge in [0, 0.05) is 11.6 Å². The number of nitrogens with one attached hydrogen (secondary N) is 1. The number of halogens is 3. The van der Waals surface area contributed by atoms with Crippen molar-refractivity contribution in [2.45, 2.75) is 0 Å². The van der Waals surface area contributed by atoms with Gasteiger partial charge in [-0.1, -0.05) is 0 Å². The molecule has 0 bridgehead atoms. The van der Waals surface area contributed by atoms with Gasteiger partial charge in [0.15, 0.2) is 17.5 Å². The molecule has 1 aromatic heterocycles. The summed E-state index contributed by atoms with van der Waals surface area (Å²) < 4.78 is 38.7. The van der Waals surface area contributed by atoms with Crippen LogP contribution in [0.15, 0.2) is 18.2 Å². The van der Waals surface area contributed by atoms with Gasteiger partial charge in [0.1, 0.15) is 5.82 Å². The number of benzene rings is 1. The molecule has 3 nitrogen and oxygen atoms in total. The van der Waals surface area contributed by atoms with Gasteiger partial charge in [-0.25, -0.2) is 13.2 Å². The Kier molecular flexibility index (Phi) is 2.11. The van der Waals surface area contributed by atoms with E-state index in [1.54, 1.807) is 0 Å². The SMILES string of the molecule is Nc1cc(-c2ccc(F)c(F)c2F)[nH]n1. The molecule has 0 atom stereocenters. The van der Waals surface area contributed by atoms with E-state index in [9.17, 15) is 13.2 Å². The Balaban J connectivity index is 2.59. The summed E-state index contributed by atoms with van der Waals surface area (Å²) in [6.07, 6.45) is 0. The van der Waals surface area contributed by atoms with Gasteiger partial charge in [0.2, 0.25) is 0 Å². The van der Waals surface area contributed by atoms with Crippen molar-refractivity contribution in [1.29, 1.82) is 0 Å². The molecule has 0 aliphatic carbocycles. The molecule has 1 aromatic carbocycles. The van der Waals surface area contributed by atoms with Crippen molar-refractivity contribution in [3.63, 3.8) is 0 Å². The van der Waals surface area contributed by atoms with E-state index in [0.29, 0.717) is 0 Å². The van der Waals surface area contributed by atoms with Crippen LogP contribution < -0.4 is 5.73 Å². The Labute approximate surface area is 82.7 Å².